The third-order valence-electron chi connectivity index (χ3n) is 4.72. The molecule has 1 atom stereocenters. The van der Waals surface area contributed by atoms with E-state index in [1.165, 1.54) is 24.3 Å². The van der Waals surface area contributed by atoms with Crippen molar-refractivity contribution in [3.05, 3.63) is 92.8 Å². The largest absolute Gasteiger partial charge is 0.395 e. The molecule has 0 bridgehead atoms. The molecule has 0 spiro atoms. The number of nitrogens with zero attached hydrogens (tertiary/aromatic N) is 3. The van der Waals surface area contributed by atoms with Gasteiger partial charge in [-0.25, -0.2) is 8.42 Å². The predicted octanol–water partition coefficient (Wildman–Crippen LogP) is 3.32. The molecule has 0 aliphatic heterocycles. The minimum absolute atomic E-state index is 0.0677. The van der Waals surface area contributed by atoms with Crippen molar-refractivity contribution in [2.24, 2.45) is 0 Å². The van der Waals surface area contributed by atoms with Gasteiger partial charge in [0.05, 0.1) is 29.2 Å². The van der Waals surface area contributed by atoms with Gasteiger partial charge in [0.1, 0.15) is 4.21 Å². The number of nitro groups is 1. The van der Waals surface area contributed by atoms with E-state index in [1.807, 2.05) is 36.4 Å². The van der Waals surface area contributed by atoms with Crippen molar-refractivity contribution in [3.63, 3.8) is 0 Å². The normalized spacial score (nSPS) is 12.4. The van der Waals surface area contributed by atoms with Gasteiger partial charge in [0.15, 0.2) is 0 Å². The van der Waals surface area contributed by atoms with Gasteiger partial charge in [-0.15, -0.1) is 11.3 Å². The van der Waals surface area contributed by atoms with Crippen LogP contribution in [0.5, 0.6) is 0 Å². The molecule has 1 N–H and O–H groups in total. The molecule has 1 heterocycles. The van der Waals surface area contributed by atoms with Crippen LogP contribution in [0.25, 0.3) is 0 Å². The Hall–Kier alpha value is -3.10. The van der Waals surface area contributed by atoms with E-state index in [1.54, 1.807) is 11.4 Å². The maximum atomic E-state index is 13.4. The molecule has 0 saturated heterocycles. The quantitative estimate of drug-likeness (QED) is 0.388. The highest BCUT2D eigenvalue weighted by Crippen LogP contribution is 2.29. The van der Waals surface area contributed by atoms with Gasteiger partial charge in [-0.1, -0.05) is 36.4 Å². The van der Waals surface area contributed by atoms with Crippen molar-refractivity contribution < 1.29 is 18.4 Å². The number of sulfonamides is 1. The number of rotatable bonds is 9. The third-order valence-corrected chi connectivity index (χ3v) is 7.99. The molecule has 0 aliphatic rings. The molecule has 0 amide bonds. The molecule has 2 aromatic carbocycles. The lowest BCUT2D eigenvalue weighted by Gasteiger charge is -2.29. The topological polar surface area (TPSA) is 125 Å². The molecular weight excluding hydrogens is 438 g/mol. The van der Waals surface area contributed by atoms with E-state index < -0.39 is 27.6 Å². The minimum atomic E-state index is -4.06. The Labute approximate surface area is 183 Å². The van der Waals surface area contributed by atoms with Gasteiger partial charge in [0.25, 0.3) is 15.7 Å². The lowest BCUT2D eigenvalue weighted by molar-refractivity contribution is -0.385. The molecule has 3 rings (SSSR count). The summed E-state index contributed by atoms with van der Waals surface area (Å²) >= 11 is 1.02. The molecule has 31 heavy (non-hydrogen) atoms. The van der Waals surface area contributed by atoms with Crippen LogP contribution in [0, 0.1) is 21.4 Å². The van der Waals surface area contributed by atoms with E-state index in [-0.39, 0.29) is 34.0 Å². The fourth-order valence-electron chi connectivity index (χ4n) is 3.21. The first-order valence-electron chi connectivity index (χ1n) is 9.24. The summed E-state index contributed by atoms with van der Waals surface area (Å²) in [5, 5.41) is 32.4. The van der Waals surface area contributed by atoms with E-state index >= 15 is 0 Å². The number of nitro benzene ring substituents is 1. The fourth-order valence-corrected chi connectivity index (χ4v) is 5.92. The number of benzene rings is 2. The molecule has 1 aromatic heterocycles. The average Bonchev–Trinajstić information content (AvgIpc) is 3.32. The second-order valence-electron chi connectivity index (χ2n) is 6.72. The zero-order valence-corrected chi connectivity index (χ0v) is 17.9. The van der Waals surface area contributed by atoms with E-state index in [4.69, 9.17) is 0 Å². The molecule has 3 aromatic rings. The molecule has 160 valence electrons. The molecule has 8 nitrogen and oxygen atoms in total. The Bertz CT molecular complexity index is 1190. The van der Waals surface area contributed by atoms with Crippen LogP contribution in [0.2, 0.25) is 0 Å². The summed E-state index contributed by atoms with van der Waals surface area (Å²) < 4.78 is 28.0. The Morgan fingerprint density at radius 2 is 1.90 bits per heavy atom. The fraction of sp³-hybridized carbons (Fsp3) is 0.190. The number of nitriles is 1. The first-order valence-corrected chi connectivity index (χ1v) is 11.6. The summed E-state index contributed by atoms with van der Waals surface area (Å²) in [6.07, 6.45) is 0.216. The summed E-state index contributed by atoms with van der Waals surface area (Å²) in [6, 6.07) is 17.0. The van der Waals surface area contributed by atoms with E-state index in [0.717, 1.165) is 21.2 Å². The highest BCUT2D eigenvalue weighted by Gasteiger charge is 2.34. The predicted molar refractivity (Wildman–Crippen MR) is 116 cm³/mol. The van der Waals surface area contributed by atoms with E-state index in [0.29, 0.717) is 0 Å². The van der Waals surface area contributed by atoms with E-state index in [2.05, 4.69) is 0 Å². The first kappa shape index (κ1) is 22.6. The molecule has 10 heteroatoms. The summed E-state index contributed by atoms with van der Waals surface area (Å²) in [5.74, 6) is 0. The van der Waals surface area contributed by atoms with E-state index in [9.17, 15) is 28.9 Å². The van der Waals surface area contributed by atoms with Gasteiger partial charge in [-0.05, 0) is 35.6 Å². The van der Waals surface area contributed by atoms with Crippen molar-refractivity contribution >= 4 is 27.0 Å². The number of aliphatic hydroxyl groups is 1. The maximum absolute atomic E-state index is 13.4. The summed E-state index contributed by atoms with van der Waals surface area (Å²) in [5.41, 5.74) is 0.781. The Morgan fingerprint density at radius 1 is 1.16 bits per heavy atom. The molecule has 1 unspecified atom stereocenters. The summed E-state index contributed by atoms with van der Waals surface area (Å²) in [4.78, 5) is 10.9. The molecule has 0 radical (unpaired) electrons. The van der Waals surface area contributed by atoms with Crippen molar-refractivity contribution in [2.75, 3.05) is 6.61 Å². The Morgan fingerprint density at radius 3 is 2.48 bits per heavy atom. The molecule has 0 fully saturated rings. The van der Waals surface area contributed by atoms with Crippen LogP contribution < -0.4 is 0 Å². The lowest BCUT2D eigenvalue weighted by atomic mass is 10.1. The molecule has 0 saturated carbocycles. The second kappa shape index (κ2) is 9.80. The van der Waals surface area contributed by atoms with Crippen LogP contribution in [-0.4, -0.2) is 35.4 Å². The van der Waals surface area contributed by atoms with Crippen molar-refractivity contribution in [2.45, 2.75) is 23.2 Å². The maximum Gasteiger partial charge on any atom is 0.274 e. The van der Waals surface area contributed by atoms with Gasteiger partial charge in [-0.2, -0.15) is 9.57 Å². The SMILES string of the molecule is N#Cc1ccc([N+](=O)[O-])c(CN(C(CO)Cc2ccccc2)S(=O)(=O)c2cccs2)c1. The van der Waals surface area contributed by atoms with Gasteiger partial charge in [0, 0.05) is 18.2 Å². The van der Waals surface area contributed by atoms with Crippen LogP contribution >= 0.6 is 11.3 Å². The van der Waals surface area contributed by atoms with Crippen LogP contribution in [0.1, 0.15) is 16.7 Å². The number of hydrogen-bond acceptors (Lipinski definition) is 7. The van der Waals surface area contributed by atoms with Gasteiger partial charge in [-0.3, -0.25) is 10.1 Å². The van der Waals surface area contributed by atoms with Crippen molar-refractivity contribution in [3.8, 4) is 6.07 Å². The van der Waals surface area contributed by atoms with Crippen LogP contribution in [0.15, 0.2) is 70.3 Å². The number of thiophene rings is 1. The lowest BCUT2D eigenvalue weighted by Crippen LogP contribution is -2.43. The number of hydrogen-bond donors (Lipinski definition) is 1. The van der Waals surface area contributed by atoms with Gasteiger partial charge < -0.3 is 5.11 Å². The van der Waals surface area contributed by atoms with Crippen LogP contribution in [0.4, 0.5) is 5.69 Å². The average molecular weight is 458 g/mol. The zero-order valence-electron chi connectivity index (χ0n) is 16.3. The molecular formula is C21H19N3O5S2. The van der Waals surface area contributed by atoms with Crippen LogP contribution in [-0.2, 0) is 23.0 Å². The third kappa shape index (κ3) is 5.15. The summed E-state index contributed by atoms with van der Waals surface area (Å²) in [6.45, 7) is -0.838. The smallest absolute Gasteiger partial charge is 0.274 e. The zero-order chi connectivity index (χ0) is 22.4. The standard InChI is InChI=1S/C21H19N3O5S2/c22-13-17-8-9-20(24(26)27)18(11-17)14-23(31(28,29)21-7-4-10-30-21)19(15-25)12-16-5-2-1-3-6-16/h1-11,19,25H,12,14-15H2. The monoisotopic (exact) mass is 457 g/mol. The minimum Gasteiger partial charge on any atom is -0.395 e. The van der Waals surface area contributed by atoms with Crippen LogP contribution in [0.3, 0.4) is 0 Å². The highest BCUT2D eigenvalue weighted by atomic mass is 32.2. The Kier molecular flexibility index (Phi) is 7.14. The van der Waals surface area contributed by atoms with Gasteiger partial charge >= 0.3 is 0 Å². The highest BCUT2D eigenvalue weighted by molar-refractivity contribution is 7.91. The number of aliphatic hydroxyl groups excluding tert-OH is 1. The summed E-state index contributed by atoms with van der Waals surface area (Å²) in [7, 11) is -4.06. The first-order chi connectivity index (χ1) is 14.9. The van der Waals surface area contributed by atoms with Crippen molar-refractivity contribution in [1.82, 2.24) is 4.31 Å². The van der Waals surface area contributed by atoms with Crippen molar-refractivity contribution in [1.29, 1.82) is 5.26 Å². The molecule has 0 aliphatic carbocycles. The second-order valence-corrected chi connectivity index (χ2v) is 9.79. The van der Waals surface area contributed by atoms with Gasteiger partial charge in [0.2, 0.25) is 0 Å². The Balaban J connectivity index is 2.09.